The van der Waals surface area contributed by atoms with Gasteiger partial charge in [-0.2, -0.15) is 0 Å². The molecular weight excluding hydrogens is 516 g/mol. The van der Waals surface area contributed by atoms with Crippen molar-refractivity contribution in [1.82, 2.24) is 15.1 Å². The smallest absolute Gasteiger partial charge is 0.255 e. The molecule has 41 heavy (non-hydrogen) atoms. The van der Waals surface area contributed by atoms with Crippen molar-refractivity contribution in [1.29, 1.82) is 0 Å². The van der Waals surface area contributed by atoms with Crippen LogP contribution < -0.4 is 15.0 Å². The number of nitrogens with zero attached hydrogens (tertiary/aromatic N) is 3. The Balaban J connectivity index is 1.26. The second-order valence-corrected chi connectivity index (χ2v) is 12.1. The maximum Gasteiger partial charge on any atom is 0.255 e. The normalized spacial score (nSPS) is 23.9. The number of fused-ring (bicyclic) bond motifs is 1. The third-order valence-corrected chi connectivity index (χ3v) is 9.33. The molecule has 2 atom stereocenters. The van der Waals surface area contributed by atoms with Gasteiger partial charge in [0.05, 0.1) is 17.5 Å². The van der Waals surface area contributed by atoms with Gasteiger partial charge in [-0.15, -0.1) is 0 Å². The number of anilines is 1. The molecule has 2 fully saturated rings. The minimum Gasteiger partial charge on any atom is -0.491 e. The van der Waals surface area contributed by atoms with Crippen molar-refractivity contribution in [3.05, 3.63) is 59.7 Å². The van der Waals surface area contributed by atoms with Gasteiger partial charge in [-0.25, -0.2) is 0 Å². The number of amides is 3. The van der Waals surface area contributed by atoms with Gasteiger partial charge in [0.1, 0.15) is 12.4 Å². The van der Waals surface area contributed by atoms with E-state index in [1.165, 1.54) is 12.8 Å². The summed E-state index contributed by atoms with van der Waals surface area (Å²) in [6.45, 7) is 6.89. The summed E-state index contributed by atoms with van der Waals surface area (Å²) in [6.07, 6.45) is 5.97. The number of piperidine rings is 1. The van der Waals surface area contributed by atoms with Crippen LogP contribution in [-0.2, 0) is 4.79 Å². The Morgan fingerprint density at radius 2 is 1.66 bits per heavy atom. The fourth-order valence-electron chi connectivity index (χ4n) is 6.86. The SMILES string of the molecule is CC1CCC(C)N1c1cccc(C(=O)N2CCC3(CCCCNC(=O)c4ccccc4OCCN(C)C3=O)CC2)c1. The zero-order valence-corrected chi connectivity index (χ0v) is 24.7. The highest BCUT2D eigenvalue weighted by Crippen LogP contribution is 2.39. The van der Waals surface area contributed by atoms with Crippen LogP contribution in [0.1, 0.15) is 79.5 Å². The summed E-state index contributed by atoms with van der Waals surface area (Å²) in [4.78, 5) is 46.3. The monoisotopic (exact) mass is 560 g/mol. The lowest BCUT2D eigenvalue weighted by atomic mass is 9.73. The highest BCUT2D eigenvalue weighted by Gasteiger charge is 2.43. The number of hydrogen-bond donors (Lipinski definition) is 1. The minimum absolute atomic E-state index is 0.0395. The second kappa shape index (κ2) is 12.5. The summed E-state index contributed by atoms with van der Waals surface area (Å²) in [6, 6.07) is 16.2. The number of likely N-dealkylation sites (N-methyl/N-ethyl adjacent to an activating group) is 1. The van der Waals surface area contributed by atoms with E-state index in [1.54, 1.807) is 17.0 Å². The summed E-state index contributed by atoms with van der Waals surface area (Å²) >= 11 is 0. The molecule has 8 nitrogen and oxygen atoms in total. The Morgan fingerprint density at radius 1 is 0.927 bits per heavy atom. The molecule has 5 rings (SSSR count). The average molecular weight is 561 g/mol. The summed E-state index contributed by atoms with van der Waals surface area (Å²) in [5.74, 6) is 0.558. The number of likely N-dealkylation sites (tertiary alicyclic amines) is 1. The first kappa shape index (κ1) is 29.0. The van der Waals surface area contributed by atoms with E-state index in [0.717, 1.165) is 24.9 Å². The van der Waals surface area contributed by atoms with E-state index in [-0.39, 0.29) is 17.7 Å². The number of rotatable bonds is 2. The number of benzene rings is 2. The molecule has 1 spiro atoms. The van der Waals surface area contributed by atoms with Crippen LogP contribution in [0.5, 0.6) is 5.75 Å². The Bertz CT molecular complexity index is 1250. The van der Waals surface area contributed by atoms with E-state index in [0.29, 0.717) is 74.6 Å². The summed E-state index contributed by atoms with van der Waals surface area (Å²) in [7, 11) is 1.83. The van der Waals surface area contributed by atoms with Crippen LogP contribution in [0.3, 0.4) is 0 Å². The molecule has 220 valence electrons. The van der Waals surface area contributed by atoms with Gasteiger partial charge in [0.2, 0.25) is 5.91 Å². The molecule has 3 heterocycles. The molecule has 3 amide bonds. The molecule has 0 aliphatic carbocycles. The number of ether oxygens (including phenoxy) is 1. The average Bonchev–Trinajstić information content (AvgIpc) is 3.33. The zero-order valence-electron chi connectivity index (χ0n) is 24.7. The van der Waals surface area contributed by atoms with Gasteiger partial charge in [0, 0.05) is 50.0 Å². The molecule has 0 radical (unpaired) electrons. The van der Waals surface area contributed by atoms with E-state index in [1.807, 2.05) is 42.3 Å². The number of nitrogens with one attached hydrogen (secondary N) is 1. The largest absolute Gasteiger partial charge is 0.491 e. The molecule has 3 aliphatic heterocycles. The second-order valence-electron chi connectivity index (χ2n) is 12.1. The Labute approximate surface area is 244 Å². The van der Waals surface area contributed by atoms with E-state index in [4.69, 9.17) is 4.74 Å². The first-order valence-electron chi connectivity index (χ1n) is 15.2. The van der Waals surface area contributed by atoms with Gasteiger partial charge in [-0.05, 0) is 82.7 Å². The zero-order chi connectivity index (χ0) is 29.0. The minimum atomic E-state index is -0.514. The lowest BCUT2D eigenvalue weighted by Crippen LogP contribution is -2.51. The molecular formula is C33H44N4O4. The van der Waals surface area contributed by atoms with Gasteiger partial charge < -0.3 is 24.8 Å². The summed E-state index contributed by atoms with van der Waals surface area (Å²) < 4.78 is 5.94. The summed E-state index contributed by atoms with van der Waals surface area (Å²) in [5.41, 5.74) is 1.83. The topological polar surface area (TPSA) is 82.2 Å². The van der Waals surface area contributed by atoms with Crippen LogP contribution in [-0.4, -0.2) is 79.4 Å². The van der Waals surface area contributed by atoms with Gasteiger partial charge in [0.25, 0.3) is 11.8 Å². The van der Waals surface area contributed by atoms with Gasteiger partial charge in [-0.3, -0.25) is 14.4 Å². The van der Waals surface area contributed by atoms with Crippen LogP contribution in [0.25, 0.3) is 0 Å². The molecule has 2 aromatic carbocycles. The van der Waals surface area contributed by atoms with Crippen molar-refractivity contribution < 1.29 is 19.1 Å². The fourth-order valence-corrected chi connectivity index (χ4v) is 6.86. The quantitative estimate of drug-likeness (QED) is 0.574. The highest BCUT2D eigenvalue weighted by atomic mass is 16.5. The van der Waals surface area contributed by atoms with Crippen molar-refractivity contribution in [3.63, 3.8) is 0 Å². The van der Waals surface area contributed by atoms with Crippen molar-refractivity contribution in [2.45, 2.75) is 70.9 Å². The molecule has 0 aromatic heterocycles. The van der Waals surface area contributed by atoms with Crippen molar-refractivity contribution >= 4 is 23.4 Å². The Hall–Kier alpha value is -3.55. The van der Waals surface area contributed by atoms with Crippen LogP contribution in [0.2, 0.25) is 0 Å². The van der Waals surface area contributed by atoms with Gasteiger partial charge in [0.15, 0.2) is 0 Å². The number of hydrogen-bond acceptors (Lipinski definition) is 5. The third-order valence-electron chi connectivity index (χ3n) is 9.33. The predicted molar refractivity (Wildman–Crippen MR) is 160 cm³/mol. The van der Waals surface area contributed by atoms with Crippen molar-refractivity contribution in [2.24, 2.45) is 5.41 Å². The molecule has 8 heteroatoms. The number of carbonyl (C=O) groups excluding carboxylic acids is 3. The Morgan fingerprint density at radius 3 is 2.41 bits per heavy atom. The molecule has 2 aromatic rings. The molecule has 0 bridgehead atoms. The highest BCUT2D eigenvalue weighted by molar-refractivity contribution is 5.97. The maximum atomic E-state index is 13.9. The third kappa shape index (κ3) is 6.21. The molecule has 1 N–H and O–H groups in total. The van der Waals surface area contributed by atoms with E-state index in [9.17, 15) is 14.4 Å². The lowest BCUT2D eigenvalue weighted by molar-refractivity contribution is -0.144. The van der Waals surface area contributed by atoms with Crippen LogP contribution >= 0.6 is 0 Å². The number of para-hydroxylation sites is 1. The molecule has 3 aliphatic rings. The first-order valence-corrected chi connectivity index (χ1v) is 15.2. The van der Waals surface area contributed by atoms with Gasteiger partial charge >= 0.3 is 0 Å². The molecule has 2 unspecified atom stereocenters. The Kier molecular flexibility index (Phi) is 8.85. The van der Waals surface area contributed by atoms with Crippen molar-refractivity contribution in [2.75, 3.05) is 44.7 Å². The van der Waals surface area contributed by atoms with Crippen molar-refractivity contribution in [3.8, 4) is 5.75 Å². The molecule has 0 saturated carbocycles. The maximum absolute atomic E-state index is 13.9. The predicted octanol–water partition coefficient (Wildman–Crippen LogP) is 4.74. The number of carbonyl (C=O) groups is 3. The fraction of sp³-hybridized carbons (Fsp3) is 0.545. The van der Waals surface area contributed by atoms with Crippen LogP contribution in [0, 0.1) is 5.41 Å². The lowest BCUT2D eigenvalue weighted by Gasteiger charge is -2.43. The van der Waals surface area contributed by atoms with Crippen LogP contribution in [0.4, 0.5) is 5.69 Å². The van der Waals surface area contributed by atoms with E-state index < -0.39 is 5.41 Å². The summed E-state index contributed by atoms with van der Waals surface area (Å²) in [5, 5.41) is 3.00. The van der Waals surface area contributed by atoms with E-state index >= 15 is 0 Å². The van der Waals surface area contributed by atoms with Gasteiger partial charge in [-0.1, -0.05) is 24.6 Å². The standard InChI is InChI=1S/C33H44N4O4/c1-24-13-14-25(2)37(24)27-10-8-9-26(23-27)31(39)36-19-16-33(17-20-36)15-6-7-18-34-30(38)28-11-4-5-12-29(28)41-22-21-35(3)32(33)40/h4-5,8-12,23-25H,6-7,13-22H2,1-3H3,(H,34,38). The van der Waals surface area contributed by atoms with Crippen LogP contribution in [0.15, 0.2) is 48.5 Å². The first-order chi connectivity index (χ1) is 19.8. The van der Waals surface area contributed by atoms with E-state index in [2.05, 4.69) is 30.1 Å². The molecule has 2 saturated heterocycles.